The summed E-state index contributed by atoms with van der Waals surface area (Å²) in [5.41, 5.74) is 7.59. The van der Waals surface area contributed by atoms with Gasteiger partial charge in [-0.3, -0.25) is 0 Å². The first-order valence-corrected chi connectivity index (χ1v) is 10.7. The molecule has 5 heteroatoms. The molecule has 1 heterocycles. The van der Waals surface area contributed by atoms with E-state index in [2.05, 4.69) is 65.6 Å². The van der Waals surface area contributed by atoms with Gasteiger partial charge < -0.3 is 15.4 Å². The molecule has 0 saturated heterocycles. The Bertz CT molecular complexity index is 1230. The number of nitrogens with zero attached hydrogens (tertiary/aromatic N) is 2. The van der Waals surface area contributed by atoms with Gasteiger partial charge in [-0.25, -0.2) is 0 Å². The van der Waals surface area contributed by atoms with Crippen LogP contribution in [-0.2, 0) is 0 Å². The molecule has 0 aliphatic carbocycles. The summed E-state index contributed by atoms with van der Waals surface area (Å²) in [7, 11) is 0. The lowest BCUT2D eigenvalue weighted by Gasteiger charge is -2.15. The van der Waals surface area contributed by atoms with E-state index in [4.69, 9.17) is 4.74 Å². The first-order chi connectivity index (χ1) is 15.4. The van der Waals surface area contributed by atoms with Crippen molar-refractivity contribution in [3.05, 3.63) is 94.5 Å². The molecule has 0 atom stereocenters. The number of nitrogens with one attached hydrogen (secondary N) is 2. The summed E-state index contributed by atoms with van der Waals surface area (Å²) in [5.74, 6) is 2.40. The molecular weight excluding hydrogens is 396 g/mol. The summed E-state index contributed by atoms with van der Waals surface area (Å²) in [6, 6.07) is 22.3. The van der Waals surface area contributed by atoms with Gasteiger partial charge in [-0.2, -0.15) is 9.97 Å². The number of hydrogen-bond donors (Lipinski definition) is 2. The molecule has 0 amide bonds. The summed E-state index contributed by atoms with van der Waals surface area (Å²) in [6.45, 7) is 10.3. The van der Waals surface area contributed by atoms with Crippen LogP contribution in [0.3, 0.4) is 0 Å². The number of benzene rings is 3. The summed E-state index contributed by atoms with van der Waals surface area (Å²) in [6.07, 6.45) is 0. The monoisotopic (exact) mass is 424 g/mol. The molecule has 0 bridgehead atoms. The van der Waals surface area contributed by atoms with E-state index in [0.717, 1.165) is 28.3 Å². The second kappa shape index (κ2) is 9.10. The van der Waals surface area contributed by atoms with Crippen molar-refractivity contribution in [3.63, 3.8) is 0 Å². The predicted octanol–water partition coefficient (Wildman–Crippen LogP) is 7.30. The zero-order chi connectivity index (χ0) is 22.7. The van der Waals surface area contributed by atoms with Crippen LogP contribution in [0.5, 0.6) is 11.6 Å². The fourth-order valence-corrected chi connectivity index (χ4v) is 3.67. The molecule has 0 fully saturated rings. The molecule has 32 heavy (non-hydrogen) atoms. The summed E-state index contributed by atoms with van der Waals surface area (Å²) >= 11 is 0. The van der Waals surface area contributed by atoms with E-state index in [1.807, 2.05) is 56.3 Å². The van der Waals surface area contributed by atoms with Crippen LogP contribution in [0.15, 0.2) is 66.7 Å². The number of aryl methyl sites for hydroxylation is 5. The smallest absolute Gasteiger partial charge is 0.232 e. The molecule has 0 spiro atoms. The number of aromatic nitrogens is 2. The standard InChI is InChI=1S/C27H28N4O/c1-17-9-11-22(12-10-17)29-27-30-24(28-23-8-6-7-18(2)15-23)16-25(31-27)32-26-20(4)13-19(3)14-21(26)5/h6-16H,1-5H3,(H2,28,29,30,31). The molecule has 4 rings (SSSR count). The number of rotatable bonds is 6. The van der Waals surface area contributed by atoms with Crippen molar-refractivity contribution in [1.29, 1.82) is 0 Å². The molecule has 2 N–H and O–H groups in total. The molecule has 0 unspecified atom stereocenters. The Kier molecular flexibility index (Phi) is 6.08. The number of hydrogen-bond acceptors (Lipinski definition) is 5. The Balaban J connectivity index is 1.70. The maximum absolute atomic E-state index is 6.26. The second-order valence-corrected chi connectivity index (χ2v) is 8.23. The van der Waals surface area contributed by atoms with E-state index in [1.165, 1.54) is 16.7 Å². The highest BCUT2D eigenvalue weighted by Crippen LogP contribution is 2.31. The van der Waals surface area contributed by atoms with E-state index < -0.39 is 0 Å². The fourth-order valence-electron chi connectivity index (χ4n) is 3.67. The van der Waals surface area contributed by atoms with E-state index in [0.29, 0.717) is 17.6 Å². The lowest BCUT2D eigenvalue weighted by Crippen LogP contribution is -2.03. The van der Waals surface area contributed by atoms with Crippen molar-refractivity contribution in [2.75, 3.05) is 10.6 Å². The SMILES string of the molecule is Cc1ccc(Nc2nc(Nc3cccc(C)c3)cc(Oc3c(C)cc(C)cc3C)n2)cc1. The molecule has 0 saturated carbocycles. The largest absolute Gasteiger partial charge is 0.438 e. The molecule has 5 nitrogen and oxygen atoms in total. The topological polar surface area (TPSA) is 59.1 Å². The van der Waals surface area contributed by atoms with Crippen molar-refractivity contribution in [1.82, 2.24) is 9.97 Å². The van der Waals surface area contributed by atoms with E-state index >= 15 is 0 Å². The maximum Gasteiger partial charge on any atom is 0.232 e. The van der Waals surface area contributed by atoms with Crippen LogP contribution in [0.25, 0.3) is 0 Å². The zero-order valence-corrected chi connectivity index (χ0v) is 19.2. The number of anilines is 4. The van der Waals surface area contributed by atoms with Crippen LogP contribution >= 0.6 is 0 Å². The molecule has 0 radical (unpaired) electrons. The predicted molar refractivity (Wildman–Crippen MR) is 132 cm³/mol. The quantitative estimate of drug-likeness (QED) is 0.340. The molecule has 162 valence electrons. The van der Waals surface area contributed by atoms with Gasteiger partial charge >= 0.3 is 0 Å². The Morgan fingerprint density at radius 2 is 1.34 bits per heavy atom. The highest BCUT2D eigenvalue weighted by atomic mass is 16.5. The minimum Gasteiger partial charge on any atom is -0.438 e. The third-order valence-electron chi connectivity index (χ3n) is 5.11. The Labute approximate surface area is 189 Å². The van der Waals surface area contributed by atoms with Crippen molar-refractivity contribution < 1.29 is 4.74 Å². The summed E-state index contributed by atoms with van der Waals surface area (Å²) in [5, 5.41) is 6.66. The molecule has 4 aromatic rings. The number of ether oxygens (including phenoxy) is 1. The van der Waals surface area contributed by atoms with Gasteiger partial charge in [0.05, 0.1) is 0 Å². The highest BCUT2D eigenvalue weighted by Gasteiger charge is 2.12. The van der Waals surface area contributed by atoms with E-state index in [-0.39, 0.29) is 0 Å². The average molecular weight is 425 g/mol. The van der Waals surface area contributed by atoms with Gasteiger partial charge in [0.2, 0.25) is 11.8 Å². The third kappa shape index (κ3) is 5.24. The lowest BCUT2D eigenvalue weighted by atomic mass is 10.1. The van der Waals surface area contributed by atoms with Gasteiger partial charge in [0.1, 0.15) is 11.6 Å². The Morgan fingerprint density at radius 1 is 0.625 bits per heavy atom. The minimum absolute atomic E-state index is 0.462. The first-order valence-electron chi connectivity index (χ1n) is 10.7. The summed E-state index contributed by atoms with van der Waals surface area (Å²) in [4.78, 5) is 9.29. The summed E-state index contributed by atoms with van der Waals surface area (Å²) < 4.78 is 6.26. The molecular formula is C27H28N4O. The van der Waals surface area contributed by atoms with Crippen molar-refractivity contribution in [2.24, 2.45) is 0 Å². The van der Waals surface area contributed by atoms with E-state index in [1.54, 1.807) is 0 Å². The Hall–Kier alpha value is -3.86. The second-order valence-electron chi connectivity index (χ2n) is 8.23. The van der Waals surface area contributed by atoms with Crippen LogP contribution in [0, 0.1) is 34.6 Å². The van der Waals surface area contributed by atoms with Gasteiger partial charge in [-0.15, -0.1) is 0 Å². The average Bonchev–Trinajstić information content (AvgIpc) is 2.72. The maximum atomic E-state index is 6.26. The fraction of sp³-hybridized carbons (Fsp3) is 0.185. The van der Waals surface area contributed by atoms with Crippen LogP contribution in [0.1, 0.15) is 27.8 Å². The zero-order valence-electron chi connectivity index (χ0n) is 19.2. The van der Waals surface area contributed by atoms with Gasteiger partial charge in [0, 0.05) is 17.4 Å². The van der Waals surface area contributed by atoms with Gasteiger partial charge in [-0.05, 0) is 75.6 Å². The molecule has 0 aliphatic rings. The van der Waals surface area contributed by atoms with Crippen molar-refractivity contribution in [3.8, 4) is 11.6 Å². The minimum atomic E-state index is 0.462. The van der Waals surface area contributed by atoms with Gasteiger partial charge in [0.25, 0.3) is 0 Å². The van der Waals surface area contributed by atoms with Gasteiger partial charge in [-0.1, -0.05) is 47.5 Å². The molecule has 3 aromatic carbocycles. The van der Waals surface area contributed by atoms with Gasteiger partial charge in [0.15, 0.2) is 0 Å². The first kappa shape index (κ1) is 21.4. The van der Waals surface area contributed by atoms with Crippen LogP contribution in [0.4, 0.5) is 23.1 Å². The highest BCUT2D eigenvalue weighted by molar-refractivity contribution is 5.62. The third-order valence-corrected chi connectivity index (χ3v) is 5.11. The van der Waals surface area contributed by atoms with Crippen LogP contribution < -0.4 is 15.4 Å². The van der Waals surface area contributed by atoms with Crippen molar-refractivity contribution in [2.45, 2.75) is 34.6 Å². The van der Waals surface area contributed by atoms with Crippen molar-refractivity contribution >= 4 is 23.1 Å². The molecule has 0 aliphatic heterocycles. The molecule has 1 aromatic heterocycles. The lowest BCUT2D eigenvalue weighted by molar-refractivity contribution is 0.456. The van der Waals surface area contributed by atoms with Crippen LogP contribution in [-0.4, -0.2) is 9.97 Å². The normalized spacial score (nSPS) is 10.7. The van der Waals surface area contributed by atoms with Crippen LogP contribution in [0.2, 0.25) is 0 Å². The van der Waals surface area contributed by atoms with E-state index in [9.17, 15) is 0 Å². The Morgan fingerprint density at radius 3 is 2.03 bits per heavy atom.